The third-order valence-electron chi connectivity index (χ3n) is 2.82. The number of hydrogen-bond acceptors (Lipinski definition) is 4. The predicted molar refractivity (Wildman–Crippen MR) is 77.8 cm³/mol. The summed E-state index contributed by atoms with van der Waals surface area (Å²) in [7, 11) is 1.65. The number of carbonyl (C=O) groups excluding carboxylic acids is 1. The number of urea groups is 1. The normalized spacial score (nSPS) is 9.95. The van der Waals surface area contributed by atoms with Gasteiger partial charge in [0.25, 0.3) is 5.69 Å². The minimum Gasteiger partial charge on any atom is -0.323 e. The van der Waals surface area contributed by atoms with E-state index in [1.807, 2.05) is 12.1 Å². The number of nitro benzene ring substituents is 1. The quantitative estimate of drug-likeness (QED) is 0.691. The summed E-state index contributed by atoms with van der Waals surface area (Å²) in [6.45, 7) is 0.420. The van der Waals surface area contributed by atoms with Crippen LogP contribution in [-0.2, 0) is 6.54 Å². The van der Waals surface area contributed by atoms with E-state index in [0.717, 1.165) is 5.56 Å². The van der Waals surface area contributed by atoms with Crippen molar-refractivity contribution in [1.82, 2.24) is 9.88 Å². The summed E-state index contributed by atoms with van der Waals surface area (Å²) in [6, 6.07) is 9.11. The van der Waals surface area contributed by atoms with Gasteiger partial charge < -0.3 is 10.2 Å². The van der Waals surface area contributed by atoms with Crippen molar-refractivity contribution in [2.24, 2.45) is 0 Å². The van der Waals surface area contributed by atoms with Crippen LogP contribution in [0.15, 0.2) is 48.8 Å². The maximum absolute atomic E-state index is 12.0. The Kier molecular flexibility index (Phi) is 4.45. The van der Waals surface area contributed by atoms with Crippen LogP contribution in [0.1, 0.15) is 5.56 Å². The molecule has 0 aliphatic rings. The second-order valence-corrected chi connectivity index (χ2v) is 4.45. The van der Waals surface area contributed by atoms with Gasteiger partial charge >= 0.3 is 6.03 Å². The highest BCUT2D eigenvalue weighted by atomic mass is 16.6. The molecule has 0 aliphatic carbocycles. The minimum atomic E-state index is -0.504. The molecular formula is C14H14N4O3. The van der Waals surface area contributed by atoms with Gasteiger partial charge in [0, 0.05) is 43.8 Å². The molecule has 2 rings (SSSR count). The van der Waals surface area contributed by atoms with Crippen LogP contribution >= 0.6 is 0 Å². The van der Waals surface area contributed by atoms with E-state index in [0.29, 0.717) is 12.2 Å². The third-order valence-corrected chi connectivity index (χ3v) is 2.82. The van der Waals surface area contributed by atoms with Crippen molar-refractivity contribution in [1.29, 1.82) is 0 Å². The van der Waals surface area contributed by atoms with Crippen LogP contribution in [-0.4, -0.2) is 27.9 Å². The SMILES string of the molecule is CN(Cc1ccncc1)C(=O)Nc1cccc([N+](=O)[O-])c1. The number of hydrogen-bond donors (Lipinski definition) is 1. The summed E-state index contributed by atoms with van der Waals surface area (Å²) in [4.78, 5) is 27.6. The lowest BCUT2D eigenvalue weighted by Gasteiger charge is -2.17. The molecule has 0 saturated heterocycles. The summed E-state index contributed by atoms with van der Waals surface area (Å²) in [5, 5.41) is 13.3. The maximum atomic E-state index is 12.0. The zero-order valence-electron chi connectivity index (χ0n) is 11.4. The molecule has 0 saturated carbocycles. The van der Waals surface area contributed by atoms with Gasteiger partial charge in [0.15, 0.2) is 0 Å². The predicted octanol–water partition coefficient (Wildman–Crippen LogP) is 2.65. The number of rotatable bonds is 4. The summed E-state index contributed by atoms with van der Waals surface area (Å²) >= 11 is 0. The highest BCUT2D eigenvalue weighted by Crippen LogP contribution is 2.17. The Labute approximate surface area is 121 Å². The zero-order valence-corrected chi connectivity index (χ0v) is 11.4. The lowest BCUT2D eigenvalue weighted by Crippen LogP contribution is -2.30. The summed E-state index contributed by atoms with van der Waals surface area (Å²) in [5.74, 6) is 0. The summed E-state index contributed by atoms with van der Waals surface area (Å²) in [6.07, 6.45) is 3.31. The van der Waals surface area contributed by atoms with Crippen LogP contribution in [0.4, 0.5) is 16.2 Å². The number of non-ortho nitro benzene ring substituents is 1. The summed E-state index contributed by atoms with van der Waals surface area (Å²) < 4.78 is 0. The maximum Gasteiger partial charge on any atom is 0.321 e. The number of aromatic nitrogens is 1. The van der Waals surface area contributed by atoms with E-state index in [1.54, 1.807) is 25.5 Å². The second-order valence-electron chi connectivity index (χ2n) is 4.45. The Morgan fingerprint density at radius 2 is 2.05 bits per heavy atom. The molecule has 0 radical (unpaired) electrons. The fourth-order valence-electron chi connectivity index (χ4n) is 1.75. The Bertz CT molecular complexity index is 646. The van der Waals surface area contributed by atoms with E-state index in [1.165, 1.54) is 23.1 Å². The molecule has 0 unspecified atom stereocenters. The van der Waals surface area contributed by atoms with Crippen LogP contribution in [0.3, 0.4) is 0 Å². The van der Waals surface area contributed by atoms with E-state index >= 15 is 0 Å². The number of pyridine rings is 1. The topological polar surface area (TPSA) is 88.4 Å². The fourth-order valence-corrected chi connectivity index (χ4v) is 1.75. The zero-order chi connectivity index (χ0) is 15.2. The number of nitrogens with one attached hydrogen (secondary N) is 1. The van der Waals surface area contributed by atoms with Gasteiger partial charge in [0.1, 0.15) is 0 Å². The number of nitrogens with zero attached hydrogens (tertiary/aromatic N) is 3. The molecule has 0 atom stereocenters. The van der Waals surface area contributed by atoms with Gasteiger partial charge in [-0.3, -0.25) is 15.1 Å². The molecule has 0 bridgehead atoms. The molecule has 21 heavy (non-hydrogen) atoms. The average Bonchev–Trinajstić information content (AvgIpc) is 2.48. The fraction of sp³-hybridized carbons (Fsp3) is 0.143. The largest absolute Gasteiger partial charge is 0.323 e. The molecule has 7 nitrogen and oxygen atoms in total. The Balaban J connectivity index is 2.00. The molecule has 2 amide bonds. The molecule has 7 heteroatoms. The standard InChI is InChI=1S/C14H14N4O3/c1-17(10-11-5-7-15-8-6-11)14(19)16-12-3-2-4-13(9-12)18(20)21/h2-9H,10H2,1H3,(H,16,19). The first-order valence-electron chi connectivity index (χ1n) is 6.22. The lowest BCUT2D eigenvalue weighted by molar-refractivity contribution is -0.384. The minimum absolute atomic E-state index is 0.0652. The highest BCUT2D eigenvalue weighted by molar-refractivity contribution is 5.89. The highest BCUT2D eigenvalue weighted by Gasteiger charge is 2.11. The van der Waals surface area contributed by atoms with E-state index in [9.17, 15) is 14.9 Å². The van der Waals surface area contributed by atoms with E-state index in [2.05, 4.69) is 10.3 Å². The first kappa shape index (κ1) is 14.4. The smallest absolute Gasteiger partial charge is 0.321 e. The van der Waals surface area contributed by atoms with Crippen LogP contribution < -0.4 is 5.32 Å². The van der Waals surface area contributed by atoms with Crippen molar-refractivity contribution < 1.29 is 9.72 Å². The van der Waals surface area contributed by atoms with E-state index < -0.39 is 4.92 Å². The van der Waals surface area contributed by atoms with Gasteiger partial charge in [-0.1, -0.05) is 6.07 Å². The Hall–Kier alpha value is -2.96. The molecule has 108 valence electrons. The van der Waals surface area contributed by atoms with Gasteiger partial charge in [-0.15, -0.1) is 0 Å². The van der Waals surface area contributed by atoms with Crippen molar-refractivity contribution >= 4 is 17.4 Å². The van der Waals surface area contributed by atoms with Gasteiger partial charge in [0.2, 0.25) is 0 Å². The van der Waals surface area contributed by atoms with Crippen molar-refractivity contribution in [3.05, 3.63) is 64.5 Å². The molecule has 0 aliphatic heterocycles. The van der Waals surface area contributed by atoms with Crippen molar-refractivity contribution in [3.63, 3.8) is 0 Å². The molecule has 0 fully saturated rings. The van der Waals surface area contributed by atoms with Gasteiger partial charge in [-0.2, -0.15) is 0 Å². The summed E-state index contributed by atoms with van der Waals surface area (Å²) in [5.41, 5.74) is 1.27. The molecular weight excluding hydrogens is 272 g/mol. The molecule has 1 aromatic heterocycles. The number of nitro groups is 1. The van der Waals surface area contributed by atoms with E-state index in [-0.39, 0.29) is 11.7 Å². The Morgan fingerprint density at radius 1 is 1.33 bits per heavy atom. The number of amides is 2. The molecule has 1 heterocycles. The van der Waals surface area contributed by atoms with Gasteiger partial charge in [-0.25, -0.2) is 4.79 Å². The van der Waals surface area contributed by atoms with Crippen molar-refractivity contribution in [3.8, 4) is 0 Å². The monoisotopic (exact) mass is 286 g/mol. The van der Waals surface area contributed by atoms with Crippen LogP contribution in [0.25, 0.3) is 0 Å². The first-order valence-corrected chi connectivity index (χ1v) is 6.22. The van der Waals surface area contributed by atoms with Gasteiger partial charge in [-0.05, 0) is 23.8 Å². The van der Waals surface area contributed by atoms with Crippen molar-refractivity contribution in [2.45, 2.75) is 6.54 Å². The van der Waals surface area contributed by atoms with Crippen LogP contribution in [0, 0.1) is 10.1 Å². The number of anilines is 1. The third kappa shape index (κ3) is 4.00. The van der Waals surface area contributed by atoms with Gasteiger partial charge in [0.05, 0.1) is 4.92 Å². The van der Waals surface area contributed by atoms with Crippen LogP contribution in [0.2, 0.25) is 0 Å². The molecule has 1 aromatic carbocycles. The Morgan fingerprint density at radius 3 is 2.71 bits per heavy atom. The number of benzene rings is 1. The molecule has 2 aromatic rings. The van der Waals surface area contributed by atoms with Crippen molar-refractivity contribution in [2.75, 3.05) is 12.4 Å². The number of carbonyl (C=O) groups is 1. The van der Waals surface area contributed by atoms with E-state index in [4.69, 9.17) is 0 Å². The first-order chi connectivity index (χ1) is 10.1. The lowest BCUT2D eigenvalue weighted by atomic mass is 10.2. The molecule has 1 N–H and O–H groups in total. The average molecular weight is 286 g/mol. The van der Waals surface area contributed by atoms with Crippen LogP contribution in [0.5, 0.6) is 0 Å². The molecule has 0 spiro atoms. The second kappa shape index (κ2) is 6.47.